The van der Waals surface area contributed by atoms with Gasteiger partial charge in [-0.1, -0.05) is 7.43 Å². The van der Waals surface area contributed by atoms with Crippen molar-refractivity contribution in [2.45, 2.75) is 132 Å². The van der Waals surface area contributed by atoms with E-state index in [1.165, 1.54) is 13.8 Å². The fraction of sp³-hybridized carbons (Fsp3) is 0.800. The third-order valence-electron chi connectivity index (χ3n) is 8.70. The van der Waals surface area contributed by atoms with Crippen molar-refractivity contribution < 1.29 is 230 Å². The zero-order chi connectivity index (χ0) is 45.0. The standard InChI is InChI=1S/2C8H15NO4.2C6H10O5.C6H8O5.CH4.3Na.5H2O/c2*1-5(11)9-6-2-7(12)8(3-10)13-4-6;3*7-3-1-5(6(9)10)11-2-4(3)8;;;;;;;;;/h2*6-8,10,12H,2-4H2,1H3,(H,9,11);2*3-5,7-8H,1-2H2,(H,9,10);1,3-4,7-8H,2H2,(H,9,10);1H4;;;;5*1H2/q;;;;;;3*+1;;;;;/p-3. The molecule has 5 rings (SSSR count). The molecule has 5 aliphatic heterocycles. The number of ether oxygens (including phenoxy) is 5. The van der Waals surface area contributed by atoms with Gasteiger partial charge in [-0.25, -0.2) is 0 Å². The minimum absolute atomic E-state index is 0. The molecule has 14 atom stereocenters. The summed E-state index contributed by atoms with van der Waals surface area (Å²) in [6.07, 6.45) is -9.28. The molecule has 0 radical (unpaired) electrons. The summed E-state index contributed by atoms with van der Waals surface area (Å²) in [7, 11) is 0. The van der Waals surface area contributed by atoms with Gasteiger partial charge in [-0.3, -0.25) is 9.59 Å². The quantitative estimate of drug-likeness (QED) is 0.105. The van der Waals surface area contributed by atoms with Crippen LogP contribution in [0.15, 0.2) is 11.8 Å². The zero-order valence-corrected chi connectivity index (χ0v) is 43.7. The number of amides is 2. The van der Waals surface area contributed by atoms with Crippen molar-refractivity contribution in [3.05, 3.63) is 11.8 Å². The molecule has 4 saturated heterocycles. The van der Waals surface area contributed by atoms with E-state index in [4.69, 9.17) is 50.3 Å². The van der Waals surface area contributed by atoms with Crippen LogP contribution in [0.25, 0.3) is 0 Å². The second-order valence-corrected chi connectivity index (χ2v) is 13.7. The van der Waals surface area contributed by atoms with Gasteiger partial charge in [0.1, 0.15) is 55.0 Å². The van der Waals surface area contributed by atoms with Crippen LogP contribution in [0.4, 0.5) is 0 Å². The van der Waals surface area contributed by atoms with Crippen LogP contribution in [0, 0.1) is 0 Å². The van der Waals surface area contributed by atoms with Gasteiger partial charge >= 0.3 is 88.7 Å². The Balaban J connectivity index is -0.0000000886. The second kappa shape index (κ2) is 46.0. The van der Waals surface area contributed by atoms with E-state index in [1.807, 2.05) is 0 Å². The Morgan fingerprint density at radius 3 is 1.10 bits per heavy atom. The molecule has 5 heterocycles. The first-order valence-corrected chi connectivity index (χ1v) is 18.2. The van der Waals surface area contributed by atoms with Crippen molar-refractivity contribution in [3.63, 3.8) is 0 Å². The molecule has 68 heavy (non-hydrogen) atoms. The zero-order valence-electron chi connectivity index (χ0n) is 37.7. The number of nitrogens with one attached hydrogen (secondary N) is 2. The molecule has 22 N–H and O–H groups in total. The van der Waals surface area contributed by atoms with Crippen molar-refractivity contribution >= 4 is 29.7 Å². The van der Waals surface area contributed by atoms with E-state index in [2.05, 4.69) is 24.8 Å². The number of carbonyl (C=O) groups excluding carboxylic acids is 5. The minimum atomic E-state index is -1.49. The molecule has 2 amide bonds. The number of aliphatic hydroxyl groups excluding tert-OH is 10. The average molecular weight is 1030 g/mol. The van der Waals surface area contributed by atoms with Crippen molar-refractivity contribution in [1.82, 2.24) is 10.6 Å². The first-order valence-electron chi connectivity index (χ1n) is 18.2. The third-order valence-corrected chi connectivity index (χ3v) is 8.70. The largest absolute Gasteiger partial charge is 1.00 e. The Labute approximate surface area is 457 Å². The van der Waals surface area contributed by atoms with Crippen LogP contribution in [-0.2, 0) is 47.7 Å². The Hall–Kier alpha value is -0.870. The van der Waals surface area contributed by atoms with Gasteiger partial charge < -0.3 is 142 Å². The molecule has 0 bridgehead atoms. The van der Waals surface area contributed by atoms with Crippen molar-refractivity contribution in [3.8, 4) is 0 Å². The van der Waals surface area contributed by atoms with Crippen molar-refractivity contribution in [2.24, 2.45) is 0 Å². The summed E-state index contributed by atoms with van der Waals surface area (Å²) in [4.78, 5) is 51.8. The predicted molar refractivity (Wildman–Crippen MR) is 209 cm³/mol. The molecule has 14 unspecified atom stereocenters. The average Bonchev–Trinajstić information content (AvgIpc) is 3.15. The van der Waals surface area contributed by atoms with E-state index in [0.29, 0.717) is 26.1 Å². The van der Waals surface area contributed by atoms with E-state index in [1.54, 1.807) is 0 Å². The summed E-state index contributed by atoms with van der Waals surface area (Å²) in [6, 6.07) is -0.286. The van der Waals surface area contributed by atoms with E-state index in [9.17, 15) is 49.5 Å². The fourth-order valence-corrected chi connectivity index (χ4v) is 5.43. The van der Waals surface area contributed by atoms with Gasteiger partial charge in [0.05, 0.1) is 100 Å². The summed E-state index contributed by atoms with van der Waals surface area (Å²) >= 11 is 0. The SMILES string of the molecule is C.CC(=O)NC1COC(CO)C(O)C1.CC(=O)NC1COC(CO)C(O)C1.O.O.O.O.O.O=C([O-])C1=CC(O)C(O)CO1.O=C([O-])C1CC(O)C(O)CO1.O=C([O-])C1CC(O)C(O)CO1.[Na+].[Na+].[Na+]. The molecule has 33 heteroatoms. The normalized spacial score (nSPS) is 30.5. The fourth-order valence-electron chi connectivity index (χ4n) is 5.43. The maximum Gasteiger partial charge on any atom is 1.00 e. The Morgan fingerprint density at radius 2 is 0.868 bits per heavy atom. The summed E-state index contributed by atoms with van der Waals surface area (Å²) < 4.78 is 24.1. The van der Waals surface area contributed by atoms with Gasteiger partial charge in [0, 0.05) is 26.7 Å². The van der Waals surface area contributed by atoms with Crippen LogP contribution >= 0.6 is 0 Å². The molecule has 0 aromatic rings. The molecular weight excluding hydrogens is 965 g/mol. The van der Waals surface area contributed by atoms with Crippen LogP contribution < -0.4 is 115 Å². The molecule has 5 aliphatic rings. The van der Waals surface area contributed by atoms with Gasteiger partial charge in [-0.15, -0.1) is 0 Å². The van der Waals surface area contributed by atoms with Crippen LogP contribution in [-0.4, -0.2) is 240 Å². The van der Waals surface area contributed by atoms with Gasteiger partial charge in [0.25, 0.3) is 0 Å². The smallest absolute Gasteiger partial charge is 0.547 e. The van der Waals surface area contributed by atoms with Crippen molar-refractivity contribution in [1.29, 1.82) is 0 Å². The van der Waals surface area contributed by atoms with E-state index >= 15 is 0 Å². The number of hydrogen-bond acceptors (Lipinski definition) is 23. The predicted octanol–water partition coefficient (Wildman–Crippen LogP) is -23.3. The number of hydrogen-bond donors (Lipinski definition) is 12. The first kappa shape index (κ1) is 86.9. The summed E-state index contributed by atoms with van der Waals surface area (Å²) in [5, 5.41) is 126. The molecular formula is C35H69N2Na3O28. The number of rotatable bonds is 7. The maximum absolute atomic E-state index is 10.7. The molecule has 0 saturated carbocycles. The molecule has 0 aliphatic carbocycles. The Kier molecular flexibility index (Phi) is 58.7. The molecule has 390 valence electrons. The number of carboxylic acids is 3. The van der Waals surface area contributed by atoms with Gasteiger partial charge in [-0.2, -0.15) is 0 Å². The Morgan fingerprint density at radius 1 is 0.529 bits per heavy atom. The molecule has 0 spiro atoms. The number of carboxylic acid groups (broad SMARTS) is 3. The molecule has 4 fully saturated rings. The van der Waals surface area contributed by atoms with Crippen molar-refractivity contribution in [2.75, 3.05) is 46.2 Å². The van der Waals surface area contributed by atoms with Crippen LogP contribution in [0.1, 0.15) is 47.0 Å². The first-order chi connectivity index (χ1) is 27.6. The minimum Gasteiger partial charge on any atom is -0.547 e. The number of carbonyl (C=O) groups is 5. The summed E-state index contributed by atoms with van der Waals surface area (Å²) in [6.45, 7) is 2.64. The van der Waals surface area contributed by atoms with Gasteiger partial charge in [0.2, 0.25) is 11.8 Å². The summed E-state index contributed by atoms with van der Waals surface area (Å²) in [5.41, 5.74) is 0. The van der Waals surface area contributed by atoms with Crippen LogP contribution in [0.2, 0.25) is 0 Å². The van der Waals surface area contributed by atoms with E-state index in [-0.39, 0.29) is 193 Å². The number of aliphatic hydroxyl groups is 10. The van der Waals surface area contributed by atoms with Gasteiger partial charge in [0.15, 0.2) is 0 Å². The molecule has 0 aromatic heterocycles. The monoisotopic (exact) mass is 1030 g/mol. The van der Waals surface area contributed by atoms with Gasteiger partial charge in [-0.05, 0) is 18.9 Å². The summed E-state index contributed by atoms with van der Waals surface area (Å²) in [5.74, 6) is -4.89. The van der Waals surface area contributed by atoms with E-state index < -0.39 is 96.9 Å². The maximum atomic E-state index is 10.7. The molecule has 0 aromatic carbocycles. The Bertz CT molecular complexity index is 1290. The number of aliphatic carboxylic acids is 3. The third kappa shape index (κ3) is 34.5. The van der Waals surface area contributed by atoms with Crippen LogP contribution in [0.3, 0.4) is 0 Å². The molecule has 30 nitrogen and oxygen atoms in total. The van der Waals surface area contributed by atoms with Crippen LogP contribution in [0.5, 0.6) is 0 Å². The van der Waals surface area contributed by atoms with E-state index in [0.717, 1.165) is 6.08 Å². The topological polar surface area (TPSA) is 585 Å². The second-order valence-electron chi connectivity index (χ2n) is 13.7.